The van der Waals surface area contributed by atoms with Gasteiger partial charge in [-0.1, -0.05) is 0 Å². The van der Waals surface area contributed by atoms with E-state index in [0.717, 1.165) is 0 Å². The summed E-state index contributed by atoms with van der Waals surface area (Å²) >= 11 is 0. The molecule has 23 heavy (non-hydrogen) atoms. The Morgan fingerprint density at radius 1 is 1.13 bits per heavy atom. The zero-order valence-corrected chi connectivity index (χ0v) is 12.1. The molecule has 1 amide bonds. The van der Waals surface area contributed by atoms with Crippen molar-refractivity contribution in [3.05, 3.63) is 29.8 Å². The van der Waals surface area contributed by atoms with Gasteiger partial charge in [-0.2, -0.15) is 13.2 Å². The third-order valence-electron chi connectivity index (χ3n) is 2.51. The largest absolute Gasteiger partial charge is 0.482 e. The number of ether oxygens (including phenoxy) is 2. The van der Waals surface area contributed by atoms with Crippen LogP contribution in [0.2, 0.25) is 0 Å². The van der Waals surface area contributed by atoms with Crippen molar-refractivity contribution in [2.45, 2.75) is 13.1 Å². The first-order valence-corrected chi connectivity index (χ1v) is 6.50. The van der Waals surface area contributed by atoms with Crippen LogP contribution in [0.4, 0.5) is 13.2 Å². The topological polar surface area (TPSA) is 81.7 Å². The lowest BCUT2D eigenvalue weighted by Crippen LogP contribution is -2.39. The summed E-state index contributed by atoms with van der Waals surface area (Å²) in [5.41, 5.74) is 0.0935. The minimum Gasteiger partial charge on any atom is -0.482 e. The van der Waals surface area contributed by atoms with Gasteiger partial charge >= 0.3 is 18.1 Å². The molecule has 126 valence electrons. The number of halogens is 3. The Morgan fingerprint density at radius 3 is 2.26 bits per heavy atom. The van der Waals surface area contributed by atoms with Crippen molar-refractivity contribution in [3.63, 3.8) is 0 Å². The number of esters is 1. The molecule has 0 atom stereocenters. The maximum absolute atomic E-state index is 12.0. The first-order chi connectivity index (χ1) is 10.7. The lowest BCUT2D eigenvalue weighted by atomic mass is 10.1. The molecule has 0 heterocycles. The van der Waals surface area contributed by atoms with Crippen LogP contribution in [0.15, 0.2) is 24.3 Å². The number of alkyl halides is 3. The second-order valence-corrected chi connectivity index (χ2v) is 4.22. The molecule has 0 saturated carbocycles. The Morgan fingerprint density at radius 2 is 1.74 bits per heavy atom. The number of amides is 1. The van der Waals surface area contributed by atoms with Gasteiger partial charge in [0.15, 0.2) is 12.4 Å². The molecule has 0 aliphatic carbocycles. The minimum absolute atomic E-state index is 0.0935. The standard InChI is InChI=1S/C14H14F3NO5/c1-2-22-12(20)8-23-10-5-3-9(4-6-10)11(19)7-18-13(21)14(15,16)17/h3-6H,2,7-8H2,1H3,(H,18,21). The van der Waals surface area contributed by atoms with Crippen molar-refractivity contribution in [2.75, 3.05) is 19.8 Å². The average Bonchev–Trinajstić information content (AvgIpc) is 2.50. The van der Waals surface area contributed by atoms with Gasteiger partial charge in [-0.05, 0) is 31.2 Å². The molecule has 0 saturated heterocycles. The number of carbonyl (C=O) groups excluding carboxylic acids is 3. The second-order valence-electron chi connectivity index (χ2n) is 4.22. The van der Waals surface area contributed by atoms with Crippen molar-refractivity contribution in [3.8, 4) is 5.75 Å². The second kappa shape index (κ2) is 8.16. The van der Waals surface area contributed by atoms with Gasteiger partial charge < -0.3 is 14.8 Å². The summed E-state index contributed by atoms with van der Waals surface area (Å²) in [6.07, 6.45) is -5.04. The third kappa shape index (κ3) is 6.37. The van der Waals surface area contributed by atoms with Crippen LogP contribution in [0.1, 0.15) is 17.3 Å². The van der Waals surface area contributed by atoms with Crippen LogP contribution in [0.5, 0.6) is 5.75 Å². The number of Topliss-reactive ketones (excluding diaryl/α,β-unsaturated/α-hetero) is 1. The van der Waals surface area contributed by atoms with E-state index in [2.05, 4.69) is 4.74 Å². The van der Waals surface area contributed by atoms with E-state index in [1.807, 2.05) is 0 Å². The molecule has 0 fully saturated rings. The molecule has 0 spiro atoms. The number of benzene rings is 1. The van der Waals surface area contributed by atoms with E-state index in [1.54, 1.807) is 6.92 Å². The van der Waals surface area contributed by atoms with Crippen LogP contribution in [0, 0.1) is 0 Å². The molecule has 0 radical (unpaired) electrons. The summed E-state index contributed by atoms with van der Waals surface area (Å²) in [6, 6.07) is 5.36. The summed E-state index contributed by atoms with van der Waals surface area (Å²) in [5.74, 6) is -3.14. The van der Waals surface area contributed by atoms with E-state index >= 15 is 0 Å². The molecule has 0 bridgehead atoms. The number of nitrogens with one attached hydrogen (secondary N) is 1. The maximum atomic E-state index is 12.0. The fraction of sp³-hybridized carbons (Fsp3) is 0.357. The predicted octanol–water partition coefficient (Wildman–Crippen LogP) is 1.49. The van der Waals surface area contributed by atoms with Crippen molar-refractivity contribution in [2.24, 2.45) is 0 Å². The van der Waals surface area contributed by atoms with Crippen LogP contribution in [0.3, 0.4) is 0 Å². The number of rotatable bonds is 7. The zero-order chi connectivity index (χ0) is 17.5. The Kier molecular flexibility index (Phi) is 6.55. The molecule has 9 heteroatoms. The monoisotopic (exact) mass is 333 g/mol. The first-order valence-electron chi connectivity index (χ1n) is 6.50. The molecule has 6 nitrogen and oxygen atoms in total. The van der Waals surface area contributed by atoms with Crippen molar-refractivity contribution in [1.82, 2.24) is 5.32 Å². The molecule has 0 aliphatic heterocycles. The average molecular weight is 333 g/mol. The molecule has 1 N–H and O–H groups in total. The highest BCUT2D eigenvalue weighted by Gasteiger charge is 2.38. The third-order valence-corrected chi connectivity index (χ3v) is 2.51. The fourth-order valence-electron chi connectivity index (χ4n) is 1.44. The van der Waals surface area contributed by atoms with Crippen LogP contribution >= 0.6 is 0 Å². The fourth-order valence-corrected chi connectivity index (χ4v) is 1.44. The molecular weight excluding hydrogens is 319 g/mol. The summed E-state index contributed by atoms with van der Waals surface area (Å²) in [6.45, 7) is 0.791. The van der Waals surface area contributed by atoms with Crippen LogP contribution in [0.25, 0.3) is 0 Å². The lowest BCUT2D eigenvalue weighted by molar-refractivity contribution is -0.173. The summed E-state index contributed by atoms with van der Waals surface area (Å²) in [5, 5.41) is 1.48. The maximum Gasteiger partial charge on any atom is 0.471 e. The van der Waals surface area contributed by atoms with Crippen LogP contribution < -0.4 is 10.1 Å². The van der Waals surface area contributed by atoms with Gasteiger partial charge in [0, 0.05) is 5.56 Å². The Hall–Kier alpha value is -2.58. The smallest absolute Gasteiger partial charge is 0.471 e. The van der Waals surface area contributed by atoms with Gasteiger partial charge in [-0.25, -0.2) is 4.79 Å². The Labute approximate surface area is 129 Å². The molecule has 0 unspecified atom stereocenters. The highest BCUT2D eigenvalue weighted by atomic mass is 19.4. The number of ketones is 1. The van der Waals surface area contributed by atoms with Gasteiger partial charge in [0.1, 0.15) is 5.75 Å². The van der Waals surface area contributed by atoms with Crippen molar-refractivity contribution in [1.29, 1.82) is 0 Å². The van der Waals surface area contributed by atoms with E-state index in [-0.39, 0.29) is 24.5 Å². The minimum atomic E-state index is -5.04. The SMILES string of the molecule is CCOC(=O)COc1ccc(C(=O)CNC(=O)C(F)(F)F)cc1. The van der Waals surface area contributed by atoms with Gasteiger partial charge in [0.05, 0.1) is 13.2 Å². The zero-order valence-electron chi connectivity index (χ0n) is 12.1. The first kappa shape index (κ1) is 18.5. The van der Waals surface area contributed by atoms with Gasteiger partial charge in [-0.3, -0.25) is 9.59 Å². The number of hydrogen-bond donors (Lipinski definition) is 1. The highest BCUT2D eigenvalue weighted by Crippen LogP contribution is 2.15. The van der Waals surface area contributed by atoms with E-state index in [0.29, 0.717) is 0 Å². The predicted molar refractivity (Wildman–Crippen MR) is 72.0 cm³/mol. The van der Waals surface area contributed by atoms with Crippen LogP contribution in [-0.4, -0.2) is 43.6 Å². The normalized spacial score (nSPS) is 10.8. The van der Waals surface area contributed by atoms with Crippen molar-refractivity contribution >= 4 is 17.7 Å². The van der Waals surface area contributed by atoms with E-state index in [1.165, 1.54) is 29.6 Å². The molecule has 1 aromatic carbocycles. The van der Waals surface area contributed by atoms with Crippen molar-refractivity contribution < 1.29 is 37.0 Å². The van der Waals surface area contributed by atoms with E-state index < -0.39 is 30.4 Å². The molecular formula is C14H14F3NO5. The van der Waals surface area contributed by atoms with Gasteiger partial charge in [0.2, 0.25) is 0 Å². The Bertz CT molecular complexity index is 569. The summed E-state index contributed by atoms with van der Waals surface area (Å²) < 4.78 is 45.7. The van der Waals surface area contributed by atoms with E-state index in [9.17, 15) is 27.6 Å². The van der Waals surface area contributed by atoms with Gasteiger partial charge in [-0.15, -0.1) is 0 Å². The molecule has 0 aromatic heterocycles. The quantitative estimate of drug-likeness (QED) is 0.604. The lowest BCUT2D eigenvalue weighted by Gasteiger charge is -2.08. The highest BCUT2D eigenvalue weighted by molar-refractivity contribution is 5.99. The number of carbonyl (C=O) groups is 3. The molecule has 1 aromatic rings. The Balaban J connectivity index is 2.51. The van der Waals surface area contributed by atoms with Gasteiger partial charge in [0.25, 0.3) is 0 Å². The number of hydrogen-bond acceptors (Lipinski definition) is 5. The van der Waals surface area contributed by atoms with Crippen LogP contribution in [-0.2, 0) is 14.3 Å². The molecule has 1 rings (SSSR count). The summed E-state index contributed by atoms with van der Waals surface area (Å²) in [7, 11) is 0. The molecule has 0 aliphatic rings. The van der Waals surface area contributed by atoms with E-state index in [4.69, 9.17) is 4.74 Å². The summed E-state index contributed by atoms with van der Waals surface area (Å²) in [4.78, 5) is 33.3.